The second kappa shape index (κ2) is 14.6. The number of rotatable bonds is 3. The number of hydrogen-bond acceptors (Lipinski definition) is 3. The number of nitrogens with zero attached hydrogens (tertiary/aromatic N) is 3. The molecule has 3 heterocycles. The Kier molecular flexibility index (Phi) is 9.96. The van der Waals surface area contributed by atoms with Gasteiger partial charge in [-0.15, -0.1) is 0 Å². The number of benzene rings is 6. The highest BCUT2D eigenvalue weighted by Crippen LogP contribution is 2.63. The monoisotopic (exact) mass is 886 g/mol. The van der Waals surface area contributed by atoms with Gasteiger partial charge in [-0.2, -0.15) is 0 Å². The maximum Gasteiger partial charge on any atom is 0.252 e. The molecule has 0 radical (unpaired) electrons. The Bertz CT molecular complexity index is 2790. The molecule has 0 saturated heterocycles. The first-order chi connectivity index (χ1) is 31.1. The van der Waals surface area contributed by atoms with Crippen molar-refractivity contribution in [2.75, 3.05) is 14.7 Å². The van der Waals surface area contributed by atoms with Crippen molar-refractivity contribution in [3.63, 3.8) is 0 Å². The summed E-state index contributed by atoms with van der Waals surface area (Å²) in [5.74, 6) is 0. The van der Waals surface area contributed by atoms with E-state index in [2.05, 4.69) is 248 Å². The Labute approximate surface area is 405 Å². The zero-order valence-electron chi connectivity index (χ0n) is 44.0. The molecule has 0 aromatic heterocycles. The quantitative estimate of drug-likeness (QED) is 0.164. The molecule has 67 heavy (non-hydrogen) atoms. The zero-order valence-corrected chi connectivity index (χ0v) is 44.0. The van der Waals surface area contributed by atoms with E-state index in [1.807, 2.05) is 0 Å². The number of fused-ring (bicyclic) bond motifs is 7. The summed E-state index contributed by atoms with van der Waals surface area (Å²) in [5.41, 5.74) is 22.6. The second-order valence-corrected chi connectivity index (χ2v) is 26.4. The van der Waals surface area contributed by atoms with E-state index in [9.17, 15) is 0 Å². The smallest absolute Gasteiger partial charge is 0.252 e. The molecule has 3 nitrogen and oxygen atoms in total. The van der Waals surface area contributed by atoms with Crippen LogP contribution in [0.1, 0.15) is 170 Å². The molecule has 346 valence electrons. The molecule has 0 spiro atoms. The number of hydrogen-bond donors (Lipinski definition) is 0. The van der Waals surface area contributed by atoms with Gasteiger partial charge in [0.1, 0.15) is 0 Å². The van der Waals surface area contributed by atoms with Crippen LogP contribution >= 0.6 is 0 Å². The summed E-state index contributed by atoms with van der Waals surface area (Å²) in [5, 5.41) is 0. The van der Waals surface area contributed by atoms with Crippen molar-refractivity contribution in [1.29, 1.82) is 0 Å². The molecule has 1 saturated carbocycles. The Morgan fingerprint density at radius 3 is 1.16 bits per heavy atom. The fraction of sp³-hybridized carbons (Fsp3) is 0.429. The van der Waals surface area contributed by atoms with Crippen molar-refractivity contribution in [2.24, 2.45) is 0 Å². The average Bonchev–Trinajstić information content (AvgIpc) is 3.65. The van der Waals surface area contributed by atoms with Crippen molar-refractivity contribution >= 4 is 68.6 Å². The van der Waals surface area contributed by atoms with Gasteiger partial charge >= 0.3 is 0 Å². The Balaban J connectivity index is 1.33. The predicted molar refractivity (Wildman–Crippen MR) is 292 cm³/mol. The molecule has 1 aliphatic carbocycles. The van der Waals surface area contributed by atoms with E-state index in [1.165, 1.54) is 108 Å². The normalized spacial score (nSPS) is 20.1. The van der Waals surface area contributed by atoms with Gasteiger partial charge in [-0.1, -0.05) is 178 Å². The van der Waals surface area contributed by atoms with Gasteiger partial charge in [0.2, 0.25) is 0 Å². The molecule has 10 rings (SSSR count). The van der Waals surface area contributed by atoms with E-state index in [4.69, 9.17) is 0 Å². The van der Waals surface area contributed by atoms with Crippen LogP contribution in [0.25, 0.3) is 0 Å². The van der Waals surface area contributed by atoms with E-state index >= 15 is 0 Å². The van der Waals surface area contributed by atoms with Crippen molar-refractivity contribution in [3.05, 3.63) is 149 Å². The van der Waals surface area contributed by atoms with E-state index < -0.39 is 0 Å². The summed E-state index contributed by atoms with van der Waals surface area (Å²) in [6.45, 7) is 40.3. The fourth-order valence-electron chi connectivity index (χ4n) is 12.3. The third kappa shape index (κ3) is 7.04. The summed E-state index contributed by atoms with van der Waals surface area (Å²) in [4.78, 5) is 8.05. The van der Waals surface area contributed by atoms with Gasteiger partial charge < -0.3 is 14.7 Å². The molecule has 4 heteroatoms. The standard InChI is InChI=1S/C63H76BN3/c1-57(2,3)40-19-26-45(27-20-40)65-52-31-24-43(60(10,11)12)36-49(52)64-50-37-44(61(13,14)15)25-32-53(50)66(46-28-21-41(22-29-46)58(4,5)6)55-39-47(38-54(65)56(55)64)67-51-30-23-42(59(7,8)9)35-48(51)62(16)33-18-34-63(62,67)17/h19-32,35-39H,18,33-34H2,1-17H3. The third-order valence-corrected chi connectivity index (χ3v) is 16.7. The van der Waals surface area contributed by atoms with Crippen molar-refractivity contribution < 1.29 is 0 Å². The first-order valence-corrected chi connectivity index (χ1v) is 25.3. The Morgan fingerprint density at radius 1 is 0.388 bits per heavy atom. The van der Waals surface area contributed by atoms with Crippen LogP contribution in [0.5, 0.6) is 0 Å². The van der Waals surface area contributed by atoms with Crippen LogP contribution < -0.4 is 31.1 Å². The van der Waals surface area contributed by atoms with Gasteiger partial charge in [-0.05, 0) is 151 Å². The van der Waals surface area contributed by atoms with Crippen LogP contribution in [0.15, 0.2) is 115 Å². The first kappa shape index (κ1) is 45.6. The maximum absolute atomic E-state index is 2.80. The molecule has 3 aliphatic heterocycles. The minimum Gasteiger partial charge on any atom is -0.334 e. The van der Waals surface area contributed by atoms with E-state index in [1.54, 1.807) is 0 Å². The van der Waals surface area contributed by atoms with E-state index in [0.29, 0.717) is 0 Å². The average molecular weight is 886 g/mol. The zero-order chi connectivity index (χ0) is 48.2. The maximum atomic E-state index is 2.80. The lowest BCUT2D eigenvalue weighted by Crippen LogP contribution is -2.62. The molecule has 4 aliphatic rings. The van der Waals surface area contributed by atoms with Crippen LogP contribution in [0.2, 0.25) is 0 Å². The summed E-state index contributed by atoms with van der Waals surface area (Å²) < 4.78 is 0. The number of anilines is 8. The molecule has 2 unspecified atom stereocenters. The lowest BCUT2D eigenvalue weighted by Gasteiger charge is -2.47. The molecule has 0 amide bonds. The summed E-state index contributed by atoms with van der Waals surface area (Å²) in [7, 11) is 0. The van der Waals surface area contributed by atoms with Crippen LogP contribution in [-0.2, 0) is 32.5 Å². The largest absolute Gasteiger partial charge is 0.334 e. The van der Waals surface area contributed by atoms with Gasteiger partial charge in [-0.3, -0.25) is 0 Å². The van der Waals surface area contributed by atoms with Crippen molar-refractivity contribution in [3.8, 4) is 0 Å². The first-order valence-electron chi connectivity index (χ1n) is 25.3. The van der Waals surface area contributed by atoms with Gasteiger partial charge in [-0.25, -0.2) is 0 Å². The lowest BCUT2D eigenvalue weighted by atomic mass is 9.33. The third-order valence-electron chi connectivity index (χ3n) is 16.7. The highest BCUT2D eigenvalue weighted by atomic mass is 15.3. The summed E-state index contributed by atoms with van der Waals surface area (Å²) in [6.07, 6.45) is 3.55. The second-order valence-electron chi connectivity index (χ2n) is 26.4. The molecular weight excluding hydrogens is 810 g/mol. The van der Waals surface area contributed by atoms with E-state index in [-0.39, 0.29) is 44.7 Å². The van der Waals surface area contributed by atoms with Crippen molar-refractivity contribution in [2.45, 2.75) is 175 Å². The minimum absolute atomic E-state index is 0.0100. The highest BCUT2D eigenvalue weighted by Gasteiger charge is 2.60. The molecule has 6 aromatic rings. The summed E-state index contributed by atoms with van der Waals surface area (Å²) in [6, 6.07) is 46.5. The topological polar surface area (TPSA) is 9.72 Å². The Morgan fingerprint density at radius 2 is 0.761 bits per heavy atom. The predicted octanol–water partition coefficient (Wildman–Crippen LogP) is 15.6. The molecule has 0 bridgehead atoms. The summed E-state index contributed by atoms with van der Waals surface area (Å²) >= 11 is 0. The minimum atomic E-state index is -0.104. The van der Waals surface area contributed by atoms with Crippen LogP contribution in [0.4, 0.5) is 45.5 Å². The molecule has 0 N–H and O–H groups in total. The SMILES string of the molecule is CC(C)(C)c1ccc(N2c3ccc(C(C)(C)C)cc3B3c4cc(C(C)(C)C)ccc4N(c4ccc(C(C)(C)C)cc4)c4cc(N5c6ccc(C(C)(C)C)cc6C6(C)CCCC56C)cc2c43)cc1. The van der Waals surface area contributed by atoms with Crippen LogP contribution in [-0.4, -0.2) is 12.3 Å². The Hall–Kier alpha value is -5.22. The highest BCUT2D eigenvalue weighted by molar-refractivity contribution is 7.00. The molecular formula is C63H76BN3. The van der Waals surface area contributed by atoms with Crippen LogP contribution in [0, 0.1) is 0 Å². The molecule has 1 fully saturated rings. The van der Waals surface area contributed by atoms with Gasteiger partial charge in [0.15, 0.2) is 0 Å². The van der Waals surface area contributed by atoms with Gasteiger partial charge in [0.05, 0.1) is 5.54 Å². The van der Waals surface area contributed by atoms with Crippen molar-refractivity contribution in [1.82, 2.24) is 0 Å². The van der Waals surface area contributed by atoms with Crippen LogP contribution in [0.3, 0.4) is 0 Å². The molecule has 2 atom stereocenters. The lowest BCUT2D eigenvalue weighted by molar-refractivity contribution is 0.330. The van der Waals surface area contributed by atoms with E-state index in [0.717, 1.165) is 6.42 Å². The fourth-order valence-corrected chi connectivity index (χ4v) is 12.3. The molecule has 6 aromatic carbocycles. The van der Waals surface area contributed by atoms with Gasteiger partial charge in [0, 0.05) is 50.9 Å². The van der Waals surface area contributed by atoms with Gasteiger partial charge in [0.25, 0.3) is 6.71 Å².